The van der Waals surface area contributed by atoms with Crippen LogP contribution in [0.15, 0.2) is 47.6 Å². The van der Waals surface area contributed by atoms with Crippen LogP contribution < -0.4 is 9.47 Å². The lowest BCUT2D eigenvalue weighted by atomic mass is 9.92. The Kier molecular flexibility index (Phi) is 4.08. The van der Waals surface area contributed by atoms with E-state index in [4.69, 9.17) is 14.2 Å². The summed E-state index contributed by atoms with van der Waals surface area (Å²) >= 11 is 0. The standard InChI is InChI=1S/C17H17NO5/c1-21-11-8-12(19)14-13(9-11)23-16(10-6-4-3-5-7-10)17(22-2)15(14)18-20/h3-9,16-17,19-20H,1-2H3/b18-15-. The molecule has 0 aromatic heterocycles. The van der Waals surface area contributed by atoms with Crippen molar-refractivity contribution >= 4 is 5.71 Å². The number of oxime groups is 1. The van der Waals surface area contributed by atoms with E-state index in [9.17, 15) is 10.3 Å². The van der Waals surface area contributed by atoms with Crippen LogP contribution in [0.25, 0.3) is 0 Å². The van der Waals surface area contributed by atoms with E-state index in [1.807, 2.05) is 30.3 Å². The van der Waals surface area contributed by atoms with Gasteiger partial charge in [-0.3, -0.25) is 0 Å². The van der Waals surface area contributed by atoms with Gasteiger partial charge in [0, 0.05) is 19.2 Å². The molecule has 2 N–H and O–H groups in total. The summed E-state index contributed by atoms with van der Waals surface area (Å²) in [4.78, 5) is 0. The molecule has 23 heavy (non-hydrogen) atoms. The fourth-order valence-electron chi connectivity index (χ4n) is 2.76. The minimum Gasteiger partial charge on any atom is -0.507 e. The Morgan fingerprint density at radius 2 is 1.87 bits per heavy atom. The van der Waals surface area contributed by atoms with Gasteiger partial charge in [-0.2, -0.15) is 0 Å². The number of nitrogens with zero attached hydrogens (tertiary/aromatic N) is 1. The summed E-state index contributed by atoms with van der Waals surface area (Å²) in [5.74, 6) is 0.721. The lowest BCUT2D eigenvalue weighted by Gasteiger charge is -2.33. The Labute approximate surface area is 133 Å². The first-order valence-corrected chi connectivity index (χ1v) is 7.07. The first-order valence-electron chi connectivity index (χ1n) is 7.07. The minimum absolute atomic E-state index is 0.0966. The second-order valence-electron chi connectivity index (χ2n) is 5.11. The van der Waals surface area contributed by atoms with Gasteiger partial charge >= 0.3 is 0 Å². The first kappa shape index (κ1) is 15.2. The van der Waals surface area contributed by atoms with Crippen LogP contribution in [0.2, 0.25) is 0 Å². The molecule has 2 unspecified atom stereocenters. The molecular weight excluding hydrogens is 298 g/mol. The molecule has 2 atom stereocenters. The van der Waals surface area contributed by atoms with Crippen molar-refractivity contribution in [2.45, 2.75) is 12.2 Å². The maximum absolute atomic E-state index is 10.2. The summed E-state index contributed by atoms with van der Waals surface area (Å²) in [5.41, 5.74) is 1.38. The zero-order chi connectivity index (χ0) is 16.4. The Morgan fingerprint density at radius 1 is 1.13 bits per heavy atom. The van der Waals surface area contributed by atoms with E-state index in [0.29, 0.717) is 17.1 Å². The number of hydrogen-bond donors (Lipinski definition) is 2. The lowest BCUT2D eigenvalue weighted by molar-refractivity contribution is 0.0342. The van der Waals surface area contributed by atoms with Gasteiger partial charge in [0.1, 0.15) is 29.1 Å². The summed E-state index contributed by atoms with van der Waals surface area (Å²) in [5, 5.41) is 23.0. The second kappa shape index (κ2) is 6.18. The van der Waals surface area contributed by atoms with Gasteiger partial charge < -0.3 is 24.5 Å². The average molecular weight is 315 g/mol. The van der Waals surface area contributed by atoms with E-state index in [1.165, 1.54) is 20.3 Å². The third-order valence-electron chi connectivity index (χ3n) is 3.83. The van der Waals surface area contributed by atoms with Gasteiger partial charge in [0.05, 0.1) is 12.7 Å². The maximum Gasteiger partial charge on any atom is 0.156 e. The van der Waals surface area contributed by atoms with Crippen LogP contribution in [0.4, 0.5) is 0 Å². The number of phenolic OH excluding ortho intramolecular Hbond substituents is 1. The van der Waals surface area contributed by atoms with Crippen LogP contribution >= 0.6 is 0 Å². The molecule has 1 aliphatic heterocycles. The molecule has 0 radical (unpaired) electrons. The number of fused-ring (bicyclic) bond motifs is 1. The van der Waals surface area contributed by atoms with Crippen LogP contribution in [0.5, 0.6) is 17.2 Å². The van der Waals surface area contributed by atoms with Crippen LogP contribution in [-0.4, -0.2) is 36.3 Å². The largest absolute Gasteiger partial charge is 0.507 e. The van der Waals surface area contributed by atoms with Crippen LogP contribution in [0, 0.1) is 0 Å². The van der Waals surface area contributed by atoms with Crippen molar-refractivity contribution in [1.82, 2.24) is 0 Å². The van der Waals surface area contributed by atoms with E-state index in [-0.39, 0.29) is 11.5 Å². The second-order valence-corrected chi connectivity index (χ2v) is 5.11. The van der Waals surface area contributed by atoms with Crippen molar-refractivity contribution in [2.75, 3.05) is 14.2 Å². The normalized spacial score (nSPS) is 21.6. The Hall–Kier alpha value is -2.73. The lowest BCUT2D eigenvalue weighted by Crippen LogP contribution is -2.38. The molecule has 0 saturated carbocycles. The fraction of sp³-hybridized carbons (Fsp3) is 0.235. The Balaban J connectivity index is 2.15. The monoisotopic (exact) mass is 315 g/mol. The summed E-state index contributed by atoms with van der Waals surface area (Å²) in [6.07, 6.45) is -1.17. The highest BCUT2D eigenvalue weighted by Crippen LogP contribution is 2.43. The smallest absolute Gasteiger partial charge is 0.156 e. The van der Waals surface area contributed by atoms with Crippen molar-refractivity contribution in [3.63, 3.8) is 0 Å². The van der Waals surface area contributed by atoms with Gasteiger partial charge in [-0.05, 0) is 5.56 Å². The van der Waals surface area contributed by atoms with Crippen molar-refractivity contribution in [2.24, 2.45) is 5.16 Å². The predicted molar refractivity (Wildman–Crippen MR) is 83.6 cm³/mol. The van der Waals surface area contributed by atoms with Crippen molar-refractivity contribution in [1.29, 1.82) is 0 Å². The molecular formula is C17H17NO5. The highest BCUT2D eigenvalue weighted by molar-refractivity contribution is 6.09. The van der Waals surface area contributed by atoms with E-state index < -0.39 is 12.2 Å². The molecule has 2 aromatic carbocycles. The summed E-state index contributed by atoms with van der Waals surface area (Å²) in [6.45, 7) is 0. The summed E-state index contributed by atoms with van der Waals surface area (Å²) in [7, 11) is 3.00. The van der Waals surface area contributed by atoms with Gasteiger partial charge in [0.2, 0.25) is 0 Å². The van der Waals surface area contributed by atoms with Crippen LogP contribution in [0.3, 0.4) is 0 Å². The molecule has 120 valence electrons. The molecule has 3 rings (SSSR count). The van der Waals surface area contributed by atoms with Gasteiger partial charge in [-0.25, -0.2) is 0 Å². The molecule has 1 heterocycles. The number of hydrogen-bond acceptors (Lipinski definition) is 6. The molecule has 6 nitrogen and oxygen atoms in total. The fourth-order valence-corrected chi connectivity index (χ4v) is 2.76. The van der Waals surface area contributed by atoms with Crippen LogP contribution in [0.1, 0.15) is 17.2 Å². The Bertz CT molecular complexity index is 729. The number of rotatable bonds is 3. The molecule has 2 aromatic rings. The molecule has 0 amide bonds. The van der Waals surface area contributed by atoms with Gasteiger partial charge in [0.25, 0.3) is 0 Å². The number of ether oxygens (including phenoxy) is 3. The van der Waals surface area contributed by atoms with E-state index in [2.05, 4.69) is 5.16 Å². The molecule has 1 aliphatic rings. The van der Waals surface area contributed by atoms with E-state index in [0.717, 1.165) is 5.56 Å². The quantitative estimate of drug-likeness (QED) is 0.672. The van der Waals surface area contributed by atoms with Crippen molar-refractivity contribution in [3.05, 3.63) is 53.6 Å². The van der Waals surface area contributed by atoms with Crippen molar-refractivity contribution < 1.29 is 24.5 Å². The van der Waals surface area contributed by atoms with Gasteiger partial charge in [-0.1, -0.05) is 35.5 Å². The van der Waals surface area contributed by atoms with Crippen LogP contribution in [-0.2, 0) is 4.74 Å². The molecule has 0 aliphatic carbocycles. The molecule has 0 saturated heterocycles. The molecule has 0 fully saturated rings. The first-order chi connectivity index (χ1) is 11.2. The number of methoxy groups -OCH3 is 2. The number of phenols is 1. The molecule has 0 bridgehead atoms. The van der Waals surface area contributed by atoms with Gasteiger partial charge in [-0.15, -0.1) is 0 Å². The van der Waals surface area contributed by atoms with E-state index >= 15 is 0 Å². The molecule has 6 heteroatoms. The number of benzene rings is 2. The highest BCUT2D eigenvalue weighted by atomic mass is 16.5. The minimum atomic E-state index is -0.658. The van der Waals surface area contributed by atoms with Crippen molar-refractivity contribution in [3.8, 4) is 17.2 Å². The molecule has 0 spiro atoms. The summed E-state index contributed by atoms with van der Waals surface area (Å²) < 4.78 is 16.6. The third-order valence-corrected chi connectivity index (χ3v) is 3.83. The average Bonchev–Trinajstić information content (AvgIpc) is 2.60. The highest BCUT2D eigenvalue weighted by Gasteiger charge is 2.39. The van der Waals surface area contributed by atoms with Gasteiger partial charge in [0.15, 0.2) is 6.10 Å². The zero-order valence-electron chi connectivity index (χ0n) is 12.8. The SMILES string of the molecule is COc1cc(O)c2c(c1)OC(c1ccccc1)C(OC)/C2=N\O. The maximum atomic E-state index is 10.2. The van der Waals surface area contributed by atoms with E-state index in [1.54, 1.807) is 6.07 Å². The summed E-state index contributed by atoms with van der Waals surface area (Å²) in [6, 6.07) is 12.6. The Morgan fingerprint density at radius 3 is 2.48 bits per heavy atom. The topological polar surface area (TPSA) is 80.5 Å². The third kappa shape index (κ3) is 2.57. The zero-order valence-corrected chi connectivity index (χ0v) is 12.8. The number of aromatic hydroxyl groups is 1. The predicted octanol–water partition coefficient (Wildman–Crippen LogP) is 2.73.